The van der Waals surface area contributed by atoms with Gasteiger partial charge < -0.3 is 10.2 Å². The van der Waals surface area contributed by atoms with Crippen LogP contribution in [-0.4, -0.2) is 37.0 Å². The summed E-state index contributed by atoms with van der Waals surface area (Å²) in [4.78, 5) is 14.5. The molecule has 1 amide bonds. The molecule has 98 valence electrons. The van der Waals surface area contributed by atoms with E-state index in [1.54, 1.807) is 0 Å². The third-order valence-corrected chi connectivity index (χ3v) is 4.36. The number of nitrogens with zero attached hydrogens (tertiary/aromatic N) is 1. The first-order valence-corrected chi connectivity index (χ1v) is 7.30. The van der Waals surface area contributed by atoms with Crippen LogP contribution in [0.5, 0.6) is 0 Å². The summed E-state index contributed by atoms with van der Waals surface area (Å²) in [6.45, 7) is 5.90. The zero-order valence-electron chi connectivity index (χ0n) is 11.1. The number of hydrogen-bond donors (Lipinski definition) is 1. The first-order valence-electron chi connectivity index (χ1n) is 7.30. The standard InChI is InChI=1S/C14H26N2O/c1-2-13(11-12-5-3-4-6-12)14(17)16-9-7-15-8-10-16/h12-13,15H,2-11H2,1H3. The normalized spacial score (nSPS) is 23.9. The molecule has 1 N–H and O–H groups in total. The summed E-state index contributed by atoms with van der Waals surface area (Å²) in [5, 5.41) is 3.31. The second-order valence-electron chi connectivity index (χ2n) is 5.57. The number of piperazine rings is 1. The molecule has 17 heavy (non-hydrogen) atoms. The molecule has 3 nitrogen and oxygen atoms in total. The van der Waals surface area contributed by atoms with Crippen LogP contribution in [-0.2, 0) is 4.79 Å². The number of amides is 1. The fourth-order valence-corrected chi connectivity index (χ4v) is 3.23. The second-order valence-corrected chi connectivity index (χ2v) is 5.57. The summed E-state index contributed by atoms with van der Waals surface area (Å²) in [6.07, 6.45) is 7.61. The number of carbonyl (C=O) groups excluding carboxylic acids is 1. The molecule has 1 unspecified atom stereocenters. The van der Waals surface area contributed by atoms with E-state index < -0.39 is 0 Å². The van der Waals surface area contributed by atoms with Crippen molar-refractivity contribution in [2.45, 2.75) is 45.4 Å². The van der Waals surface area contributed by atoms with E-state index in [9.17, 15) is 4.79 Å². The minimum atomic E-state index is 0.288. The molecule has 0 aromatic heterocycles. The predicted molar refractivity (Wildman–Crippen MR) is 69.8 cm³/mol. The van der Waals surface area contributed by atoms with Crippen molar-refractivity contribution >= 4 is 5.91 Å². The van der Waals surface area contributed by atoms with Gasteiger partial charge in [0.1, 0.15) is 0 Å². The number of hydrogen-bond acceptors (Lipinski definition) is 2. The fourth-order valence-electron chi connectivity index (χ4n) is 3.23. The van der Waals surface area contributed by atoms with Gasteiger partial charge in [0, 0.05) is 32.1 Å². The van der Waals surface area contributed by atoms with Crippen molar-refractivity contribution in [3.05, 3.63) is 0 Å². The Kier molecular flexibility index (Phi) is 4.84. The summed E-state index contributed by atoms with van der Waals surface area (Å²) in [5.74, 6) is 1.53. The highest BCUT2D eigenvalue weighted by Crippen LogP contribution is 2.31. The van der Waals surface area contributed by atoms with E-state index in [2.05, 4.69) is 17.1 Å². The lowest BCUT2D eigenvalue weighted by molar-refractivity contribution is -0.136. The van der Waals surface area contributed by atoms with Crippen LogP contribution in [0.2, 0.25) is 0 Å². The molecule has 1 heterocycles. The van der Waals surface area contributed by atoms with Crippen LogP contribution in [0.1, 0.15) is 45.4 Å². The molecule has 0 aromatic rings. The Balaban J connectivity index is 1.84. The van der Waals surface area contributed by atoms with Crippen molar-refractivity contribution in [3.8, 4) is 0 Å². The van der Waals surface area contributed by atoms with Crippen molar-refractivity contribution in [3.63, 3.8) is 0 Å². The Labute approximate surface area is 105 Å². The molecule has 1 aliphatic heterocycles. The van der Waals surface area contributed by atoms with Crippen LogP contribution in [0, 0.1) is 11.8 Å². The number of carbonyl (C=O) groups is 1. The van der Waals surface area contributed by atoms with E-state index in [0.29, 0.717) is 5.91 Å². The second kappa shape index (κ2) is 6.39. The van der Waals surface area contributed by atoms with E-state index in [-0.39, 0.29) is 5.92 Å². The van der Waals surface area contributed by atoms with Gasteiger partial charge in [0.05, 0.1) is 0 Å². The molecule has 0 bridgehead atoms. The molecular weight excluding hydrogens is 212 g/mol. The van der Waals surface area contributed by atoms with Gasteiger partial charge in [-0.15, -0.1) is 0 Å². The van der Waals surface area contributed by atoms with Gasteiger partial charge in [-0.05, 0) is 18.8 Å². The molecule has 0 aromatic carbocycles. The van der Waals surface area contributed by atoms with Gasteiger partial charge in [-0.1, -0.05) is 32.6 Å². The van der Waals surface area contributed by atoms with Gasteiger partial charge in [-0.2, -0.15) is 0 Å². The summed E-state index contributed by atoms with van der Waals surface area (Å²) in [7, 11) is 0. The third kappa shape index (κ3) is 3.44. The highest BCUT2D eigenvalue weighted by Gasteiger charge is 2.27. The quantitative estimate of drug-likeness (QED) is 0.812. The minimum Gasteiger partial charge on any atom is -0.340 e. The third-order valence-electron chi connectivity index (χ3n) is 4.36. The summed E-state index contributed by atoms with van der Waals surface area (Å²) < 4.78 is 0. The maximum atomic E-state index is 12.4. The summed E-state index contributed by atoms with van der Waals surface area (Å²) in [5.41, 5.74) is 0. The Morgan fingerprint density at radius 3 is 2.53 bits per heavy atom. The monoisotopic (exact) mass is 238 g/mol. The minimum absolute atomic E-state index is 0.288. The van der Waals surface area contributed by atoms with E-state index in [0.717, 1.165) is 44.9 Å². The van der Waals surface area contributed by atoms with E-state index in [1.165, 1.54) is 25.7 Å². The van der Waals surface area contributed by atoms with Crippen LogP contribution < -0.4 is 5.32 Å². The number of nitrogens with one attached hydrogen (secondary N) is 1. The van der Waals surface area contributed by atoms with Gasteiger partial charge in [-0.3, -0.25) is 4.79 Å². The Morgan fingerprint density at radius 1 is 1.29 bits per heavy atom. The van der Waals surface area contributed by atoms with Crippen molar-refractivity contribution < 1.29 is 4.79 Å². The molecule has 3 heteroatoms. The Hall–Kier alpha value is -0.570. The van der Waals surface area contributed by atoms with E-state index >= 15 is 0 Å². The Bertz CT molecular complexity index is 243. The average Bonchev–Trinajstić information content (AvgIpc) is 2.89. The van der Waals surface area contributed by atoms with Crippen molar-refractivity contribution in [1.82, 2.24) is 10.2 Å². The SMILES string of the molecule is CCC(CC1CCCC1)C(=O)N1CCNCC1. The summed E-state index contributed by atoms with van der Waals surface area (Å²) >= 11 is 0. The number of rotatable bonds is 4. The van der Waals surface area contributed by atoms with Crippen LogP contribution >= 0.6 is 0 Å². The van der Waals surface area contributed by atoms with Gasteiger partial charge >= 0.3 is 0 Å². The van der Waals surface area contributed by atoms with Crippen LogP contribution in [0.4, 0.5) is 0 Å². The van der Waals surface area contributed by atoms with Crippen LogP contribution in [0.15, 0.2) is 0 Å². The predicted octanol–water partition coefficient (Wildman–Crippen LogP) is 2.02. The molecular formula is C14H26N2O. The topological polar surface area (TPSA) is 32.3 Å². The van der Waals surface area contributed by atoms with Crippen molar-refractivity contribution in [2.24, 2.45) is 11.8 Å². The van der Waals surface area contributed by atoms with Crippen molar-refractivity contribution in [1.29, 1.82) is 0 Å². The maximum absolute atomic E-state index is 12.4. The highest BCUT2D eigenvalue weighted by atomic mass is 16.2. The molecule has 2 aliphatic rings. The lowest BCUT2D eigenvalue weighted by atomic mass is 9.90. The molecule has 1 aliphatic carbocycles. The lowest BCUT2D eigenvalue weighted by Gasteiger charge is -2.31. The van der Waals surface area contributed by atoms with Gasteiger partial charge in [0.2, 0.25) is 5.91 Å². The largest absolute Gasteiger partial charge is 0.340 e. The first-order chi connectivity index (χ1) is 8.31. The van der Waals surface area contributed by atoms with Gasteiger partial charge in [0.25, 0.3) is 0 Å². The van der Waals surface area contributed by atoms with E-state index in [1.807, 2.05) is 0 Å². The van der Waals surface area contributed by atoms with Gasteiger partial charge in [-0.25, -0.2) is 0 Å². The Morgan fingerprint density at radius 2 is 1.94 bits per heavy atom. The molecule has 1 atom stereocenters. The molecule has 2 fully saturated rings. The molecule has 0 spiro atoms. The lowest BCUT2D eigenvalue weighted by Crippen LogP contribution is -2.48. The highest BCUT2D eigenvalue weighted by molar-refractivity contribution is 5.78. The van der Waals surface area contributed by atoms with Crippen LogP contribution in [0.25, 0.3) is 0 Å². The molecule has 1 saturated carbocycles. The van der Waals surface area contributed by atoms with Crippen molar-refractivity contribution in [2.75, 3.05) is 26.2 Å². The molecule has 0 radical (unpaired) electrons. The average molecular weight is 238 g/mol. The van der Waals surface area contributed by atoms with E-state index in [4.69, 9.17) is 0 Å². The van der Waals surface area contributed by atoms with Gasteiger partial charge in [0.15, 0.2) is 0 Å². The maximum Gasteiger partial charge on any atom is 0.225 e. The fraction of sp³-hybridized carbons (Fsp3) is 0.929. The zero-order valence-corrected chi connectivity index (χ0v) is 11.1. The summed E-state index contributed by atoms with van der Waals surface area (Å²) in [6, 6.07) is 0. The zero-order chi connectivity index (χ0) is 12.1. The first kappa shape index (κ1) is 12.9. The smallest absolute Gasteiger partial charge is 0.225 e. The molecule has 2 rings (SSSR count). The van der Waals surface area contributed by atoms with Crippen LogP contribution in [0.3, 0.4) is 0 Å². The molecule has 1 saturated heterocycles.